The first-order chi connectivity index (χ1) is 12.7. The summed E-state index contributed by atoms with van der Waals surface area (Å²) in [6.07, 6.45) is 1.52. The van der Waals surface area contributed by atoms with Crippen LogP contribution in [0.25, 0.3) is 21.8 Å². The van der Waals surface area contributed by atoms with Gasteiger partial charge in [-0.25, -0.2) is 10.4 Å². The van der Waals surface area contributed by atoms with Crippen LogP contribution in [0.1, 0.15) is 11.4 Å². The molecule has 1 amide bonds. The third kappa shape index (κ3) is 3.91. The van der Waals surface area contributed by atoms with E-state index in [1.54, 1.807) is 6.07 Å². The zero-order valence-corrected chi connectivity index (χ0v) is 15.0. The van der Waals surface area contributed by atoms with Crippen LogP contribution in [0.5, 0.6) is 5.75 Å². The van der Waals surface area contributed by atoms with Gasteiger partial charge in [0.2, 0.25) is 5.91 Å². The molecule has 0 spiro atoms. The number of aromatic amines is 1. The van der Waals surface area contributed by atoms with Crippen molar-refractivity contribution in [3.63, 3.8) is 0 Å². The number of rotatable bonds is 4. The van der Waals surface area contributed by atoms with Crippen LogP contribution in [0.3, 0.4) is 0 Å². The summed E-state index contributed by atoms with van der Waals surface area (Å²) in [5, 5.41) is 15.9. The molecule has 0 atom stereocenters. The predicted molar refractivity (Wildman–Crippen MR) is 108 cm³/mol. The van der Waals surface area contributed by atoms with E-state index in [1.165, 1.54) is 6.21 Å². The highest BCUT2D eigenvalue weighted by molar-refractivity contribution is 5.97. The fourth-order valence-corrected chi connectivity index (χ4v) is 2.83. The Balaban J connectivity index is 0.00000210. The first kappa shape index (κ1) is 18.4. The number of fused-ring (bicyclic) bond motifs is 2. The number of para-hydroxylation sites is 2. The Morgan fingerprint density at radius 2 is 1.89 bits per heavy atom. The number of phenolic OH excluding ortho intramolecular Hbond substituents is 1. The average molecular weight is 381 g/mol. The van der Waals surface area contributed by atoms with Crippen LogP contribution >= 0.6 is 12.4 Å². The number of imidazole rings is 1. The number of nitrogens with zero attached hydrogens (tertiary/aromatic N) is 2. The second-order valence-corrected chi connectivity index (χ2v) is 5.90. The maximum Gasteiger partial charge on any atom is 0.247 e. The topological polar surface area (TPSA) is 90.4 Å². The average Bonchev–Trinajstić information content (AvgIpc) is 3.06. The van der Waals surface area contributed by atoms with Gasteiger partial charge in [0, 0.05) is 10.9 Å². The number of hydrazone groups is 1. The van der Waals surface area contributed by atoms with Gasteiger partial charge >= 0.3 is 0 Å². The Kier molecular flexibility index (Phi) is 5.38. The second-order valence-electron chi connectivity index (χ2n) is 5.90. The van der Waals surface area contributed by atoms with Crippen molar-refractivity contribution >= 4 is 46.3 Å². The number of phenols is 1. The van der Waals surface area contributed by atoms with Gasteiger partial charge in [0.1, 0.15) is 11.6 Å². The molecule has 3 N–H and O–H groups in total. The van der Waals surface area contributed by atoms with Crippen molar-refractivity contribution < 1.29 is 9.90 Å². The van der Waals surface area contributed by atoms with Crippen molar-refractivity contribution in [3.05, 3.63) is 72.1 Å². The van der Waals surface area contributed by atoms with Crippen molar-refractivity contribution in [2.45, 2.75) is 6.42 Å². The fourth-order valence-electron chi connectivity index (χ4n) is 2.83. The highest BCUT2D eigenvalue weighted by Gasteiger charge is 2.08. The molecule has 0 aliphatic rings. The Labute approximate surface area is 161 Å². The molecule has 0 saturated heterocycles. The van der Waals surface area contributed by atoms with Crippen molar-refractivity contribution in [1.82, 2.24) is 15.4 Å². The number of carbonyl (C=O) groups is 1. The van der Waals surface area contributed by atoms with E-state index in [0.717, 1.165) is 21.8 Å². The number of benzene rings is 3. The molecule has 0 radical (unpaired) electrons. The van der Waals surface area contributed by atoms with Crippen LogP contribution in [-0.4, -0.2) is 27.2 Å². The molecule has 0 aliphatic carbocycles. The van der Waals surface area contributed by atoms with E-state index >= 15 is 0 Å². The van der Waals surface area contributed by atoms with Crippen LogP contribution in [0.2, 0.25) is 0 Å². The smallest absolute Gasteiger partial charge is 0.247 e. The van der Waals surface area contributed by atoms with Gasteiger partial charge in [-0.15, -0.1) is 12.4 Å². The van der Waals surface area contributed by atoms with Crippen LogP contribution in [-0.2, 0) is 11.2 Å². The lowest BCUT2D eigenvalue weighted by molar-refractivity contribution is -0.120. The van der Waals surface area contributed by atoms with Crippen LogP contribution in [0.15, 0.2) is 65.8 Å². The zero-order valence-electron chi connectivity index (χ0n) is 14.2. The van der Waals surface area contributed by atoms with E-state index in [0.29, 0.717) is 11.4 Å². The maximum atomic E-state index is 12.0. The summed E-state index contributed by atoms with van der Waals surface area (Å²) in [6, 6.07) is 18.8. The number of H-pyrrole nitrogens is 1. The van der Waals surface area contributed by atoms with Crippen LogP contribution in [0.4, 0.5) is 0 Å². The van der Waals surface area contributed by atoms with Crippen LogP contribution < -0.4 is 5.43 Å². The zero-order chi connectivity index (χ0) is 17.9. The minimum atomic E-state index is -0.291. The molecule has 0 bridgehead atoms. The molecule has 4 rings (SSSR count). The largest absolute Gasteiger partial charge is 0.507 e. The van der Waals surface area contributed by atoms with Crippen LogP contribution in [0, 0.1) is 0 Å². The maximum absolute atomic E-state index is 12.0. The fraction of sp³-hybridized carbons (Fsp3) is 0.0500. The number of carbonyl (C=O) groups excluding carboxylic acids is 1. The van der Waals surface area contributed by atoms with Gasteiger partial charge < -0.3 is 10.1 Å². The molecule has 27 heavy (non-hydrogen) atoms. The van der Waals surface area contributed by atoms with Gasteiger partial charge in [0.05, 0.1) is 23.7 Å². The lowest BCUT2D eigenvalue weighted by Gasteiger charge is -2.04. The highest BCUT2D eigenvalue weighted by atomic mass is 35.5. The molecule has 0 fully saturated rings. The normalized spacial score (nSPS) is 11.0. The quantitative estimate of drug-likeness (QED) is 0.373. The molecule has 4 aromatic rings. The minimum absolute atomic E-state index is 0. The molecule has 1 aromatic heterocycles. The Morgan fingerprint density at radius 3 is 2.74 bits per heavy atom. The molecule has 6 nitrogen and oxygen atoms in total. The summed E-state index contributed by atoms with van der Waals surface area (Å²) in [4.78, 5) is 19.5. The van der Waals surface area contributed by atoms with Gasteiger partial charge in [-0.1, -0.05) is 42.5 Å². The number of hydrogen-bond donors (Lipinski definition) is 3. The lowest BCUT2D eigenvalue weighted by Crippen LogP contribution is -2.20. The lowest BCUT2D eigenvalue weighted by atomic mass is 10.1. The number of amides is 1. The summed E-state index contributed by atoms with van der Waals surface area (Å²) in [5.41, 5.74) is 4.70. The van der Waals surface area contributed by atoms with E-state index in [9.17, 15) is 9.90 Å². The van der Waals surface area contributed by atoms with Gasteiger partial charge in [-0.05, 0) is 23.6 Å². The summed E-state index contributed by atoms with van der Waals surface area (Å²) in [6.45, 7) is 0. The molecular formula is C20H17ClN4O2. The van der Waals surface area contributed by atoms with E-state index < -0.39 is 0 Å². The molecule has 0 aliphatic heterocycles. The Hall–Kier alpha value is -3.38. The molecule has 136 valence electrons. The summed E-state index contributed by atoms with van der Waals surface area (Å²) in [5.74, 6) is 0.423. The Bertz CT molecular complexity index is 1100. The van der Waals surface area contributed by atoms with Crippen molar-refractivity contribution in [2.75, 3.05) is 0 Å². The summed E-state index contributed by atoms with van der Waals surface area (Å²) in [7, 11) is 0. The van der Waals surface area contributed by atoms with E-state index in [1.807, 2.05) is 54.6 Å². The van der Waals surface area contributed by atoms with Crippen molar-refractivity contribution in [1.29, 1.82) is 0 Å². The van der Waals surface area contributed by atoms with Gasteiger partial charge in [-0.2, -0.15) is 5.10 Å². The molecule has 0 saturated carbocycles. The number of halogens is 1. The molecule has 7 heteroatoms. The van der Waals surface area contributed by atoms with Gasteiger partial charge in [-0.3, -0.25) is 4.79 Å². The monoisotopic (exact) mass is 380 g/mol. The third-order valence-electron chi connectivity index (χ3n) is 4.09. The summed E-state index contributed by atoms with van der Waals surface area (Å²) < 4.78 is 0. The number of hydrogen-bond acceptors (Lipinski definition) is 4. The van der Waals surface area contributed by atoms with Crippen molar-refractivity contribution in [2.24, 2.45) is 5.10 Å². The Morgan fingerprint density at radius 1 is 1.11 bits per heavy atom. The van der Waals surface area contributed by atoms with E-state index in [-0.39, 0.29) is 30.5 Å². The second kappa shape index (κ2) is 7.88. The SMILES string of the molecule is Cl.O=C(Cc1nc2ccccc2[nH]1)N/N=C/c1ccc2ccccc2c1O. The predicted octanol–water partition coefficient (Wildman–Crippen LogP) is 3.54. The van der Waals surface area contributed by atoms with Gasteiger partial charge in [0.15, 0.2) is 0 Å². The first-order valence-electron chi connectivity index (χ1n) is 8.17. The molecule has 3 aromatic carbocycles. The molecule has 1 heterocycles. The number of aromatic nitrogens is 2. The first-order valence-corrected chi connectivity index (χ1v) is 8.17. The van der Waals surface area contributed by atoms with E-state index in [4.69, 9.17) is 0 Å². The standard InChI is InChI=1S/C20H16N4O2.ClH/c25-19(11-18-22-16-7-3-4-8-17(16)23-18)24-21-12-14-10-9-13-5-1-2-6-15(13)20(14)26;/h1-10,12,26H,11H2,(H,22,23)(H,24,25);1H/b21-12+;. The third-order valence-corrected chi connectivity index (χ3v) is 4.09. The number of nitrogens with one attached hydrogen (secondary N) is 2. The molecular weight excluding hydrogens is 364 g/mol. The van der Waals surface area contributed by atoms with E-state index in [2.05, 4.69) is 20.5 Å². The number of aromatic hydroxyl groups is 1. The molecule has 0 unspecified atom stereocenters. The van der Waals surface area contributed by atoms with Crippen molar-refractivity contribution in [3.8, 4) is 5.75 Å². The summed E-state index contributed by atoms with van der Waals surface area (Å²) >= 11 is 0. The highest BCUT2D eigenvalue weighted by Crippen LogP contribution is 2.27. The minimum Gasteiger partial charge on any atom is -0.507 e. The van der Waals surface area contributed by atoms with Gasteiger partial charge in [0.25, 0.3) is 0 Å².